The summed E-state index contributed by atoms with van der Waals surface area (Å²) in [6.45, 7) is 7.11. The smallest absolute Gasteiger partial charge is 0.320 e. The van der Waals surface area contributed by atoms with Crippen LogP contribution in [0.5, 0.6) is 0 Å². The lowest BCUT2D eigenvalue weighted by Gasteiger charge is -2.27. The van der Waals surface area contributed by atoms with Crippen LogP contribution in [0.1, 0.15) is 26.7 Å². The lowest BCUT2D eigenvalue weighted by atomic mass is 10.4. The van der Waals surface area contributed by atoms with Gasteiger partial charge in [0.1, 0.15) is 6.54 Å². The zero-order valence-electron chi connectivity index (χ0n) is 11.1. The maximum atomic E-state index is 11.9. The van der Waals surface area contributed by atoms with E-state index in [0.717, 1.165) is 25.9 Å². The molecule has 3 amide bonds. The molecular formula is C12H23N3O2. The quantitative estimate of drug-likeness (QED) is 0.737. The summed E-state index contributed by atoms with van der Waals surface area (Å²) in [6.07, 6.45) is 2.17. The van der Waals surface area contributed by atoms with Crippen molar-refractivity contribution in [2.24, 2.45) is 0 Å². The van der Waals surface area contributed by atoms with Crippen LogP contribution in [-0.2, 0) is 4.79 Å². The molecule has 0 unspecified atom stereocenters. The van der Waals surface area contributed by atoms with E-state index >= 15 is 0 Å². The van der Waals surface area contributed by atoms with Gasteiger partial charge >= 0.3 is 6.03 Å². The summed E-state index contributed by atoms with van der Waals surface area (Å²) >= 11 is 0. The molecule has 1 rings (SSSR count). The fraction of sp³-hybridized carbons (Fsp3) is 0.833. The molecule has 5 heteroatoms. The molecule has 0 aromatic carbocycles. The standard InChI is InChI=1S/C12H23N3O2/c1-4-14(5-2)12(17)13(3)10-11(16)15-8-6-7-9-15/h4-10H2,1-3H3. The first kappa shape index (κ1) is 13.8. The molecule has 0 aromatic heterocycles. The topological polar surface area (TPSA) is 43.9 Å². The Morgan fingerprint density at radius 2 is 1.65 bits per heavy atom. The van der Waals surface area contributed by atoms with Crippen LogP contribution in [0.4, 0.5) is 4.79 Å². The summed E-state index contributed by atoms with van der Waals surface area (Å²) < 4.78 is 0. The number of likely N-dealkylation sites (N-methyl/N-ethyl adjacent to an activating group) is 1. The van der Waals surface area contributed by atoms with Crippen LogP contribution in [0, 0.1) is 0 Å². The van der Waals surface area contributed by atoms with Gasteiger partial charge < -0.3 is 14.7 Å². The second kappa shape index (κ2) is 6.47. The molecule has 1 aliphatic heterocycles. The molecule has 1 aliphatic rings. The Balaban J connectivity index is 2.44. The minimum atomic E-state index is -0.0671. The van der Waals surface area contributed by atoms with Crippen molar-refractivity contribution in [2.45, 2.75) is 26.7 Å². The third-order valence-corrected chi connectivity index (χ3v) is 3.19. The van der Waals surface area contributed by atoms with Gasteiger partial charge in [0.05, 0.1) is 0 Å². The fourth-order valence-corrected chi connectivity index (χ4v) is 2.07. The Labute approximate surface area is 103 Å². The molecule has 5 nitrogen and oxygen atoms in total. The molecule has 0 atom stereocenters. The van der Waals surface area contributed by atoms with Gasteiger partial charge in [-0.1, -0.05) is 0 Å². The van der Waals surface area contributed by atoms with E-state index in [1.54, 1.807) is 11.9 Å². The number of urea groups is 1. The summed E-state index contributed by atoms with van der Waals surface area (Å²) in [4.78, 5) is 28.9. The van der Waals surface area contributed by atoms with Crippen LogP contribution in [0.3, 0.4) is 0 Å². The number of carbonyl (C=O) groups excluding carboxylic acids is 2. The lowest BCUT2D eigenvalue weighted by Crippen LogP contribution is -2.45. The second-order valence-electron chi connectivity index (χ2n) is 4.40. The van der Waals surface area contributed by atoms with Gasteiger partial charge in [0.15, 0.2) is 0 Å². The summed E-state index contributed by atoms with van der Waals surface area (Å²) in [5.41, 5.74) is 0. The summed E-state index contributed by atoms with van der Waals surface area (Å²) in [6, 6.07) is -0.0671. The van der Waals surface area contributed by atoms with Gasteiger partial charge in [-0.2, -0.15) is 0 Å². The first-order chi connectivity index (χ1) is 8.10. The van der Waals surface area contributed by atoms with Gasteiger partial charge in [0.2, 0.25) is 5.91 Å². The fourth-order valence-electron chi connectivity index (χ4n) is 2.07. The molecule has 0 radical (unpaired) electrons. The predicted molar refractivity (Wildman–Crippen MR) is 66.8 cm³/mol. The van der Waals surface area contributed by atoms with Gasteiger partial charge in [-0.3, -0.25) is 4.79 Å². The number of amides is 3. The van der Waals surface area contributed by atoms with Crippen LogP contribution >= 0.6 is 0 Å². The van der Waals surface area contributed by atoms with Crippen molar-refractivity contribution in [1.82, 2.24) is 14.7 Å². The Hall–Kier alpha value is -1.26. The van der Waals surface area contributed by atoms with Crippen LogP contribution < -0.4 is 0 Å². The van der Waals surface area contributed by atoms with E-state index in [1.165, 1.54) is 4.90 Å². The van der Waals surface area contributed by atoms with Gasteiger partial charge in [-0.15, -0.1) is 0 Å². The van der Waals surface area contributed by atoms with Crippen molar-refractivity contribution in [3.63, 3.8) is 0 Å². The van der Waals surface area contributed by atoms with Crippen LogP contribution in [-0.4, -0.2) is 66.4 Å². The number of likely N-dealkylation sites (tertiary alicyclic amines) is 1. The minimum absolute atomic E-state index is 0.0607. The predicted octanol–water partition coefficient (Wildman–Crippen LogP) is 1.00. The molecule has 1 saturated heterocycles. The van der Waals surface area contributed by atoms with E-state index in [0.29, 0.717) is 13.1 Å². The third kappa shape index (κ3) is 3.61. The maximum Gasteiger partial charge on any atom is 0.320 e. The highest BCUT2D eigenvalue weighted by atomic mass is 16.2. The monoisotopic (exact) mass is 241 g/mol. The van der Waals surface area contributed by atoms with E-state index in [4.69, 9.17) is 0 Å². The average molecular weight is 241 g/mol. The van der Waals surface area contributed by atoms with E-state index < -0.39 is 0 Å². The van der Waals surface area contributed by atoms with E-state index in [9.17, 15) is 9.59 Å². The Kier molecular flexibility index (Phi) is 5.25. The van der Waals surface area contributed by atoms with Crippen molar-refractivity contribution in [3.8, 4) is 0 Å². The Morgan fingerprint density at radius 1 is 1.12 bits per heavy atom. The molecule has 0 spiro atoms. The van der Waals surface area contributed by atoms with Gasteiger partial charge in [-0.25, -0.2) is 4.79 Å². The normalized spacial score (nSPS) is 14.9. The number of rotatable bonds is 4. The maximum absolute atomic E-state index is 11.9. The van der Waals surface area contributed by atoms with Crippen molar-refractivity contribution < 1.29 is 9.59 Å². The lowest BCUT2D eigenvalue weighted by molar-refractivity contribution is -0.130. The van der Waals surface area contributed by atoms with Crippen molar-refractivity contribution >= 4 is 11.9 Å². The van der Waals surface area contributed by atoms with Crippen molar-refractivity contribution in [1.29, 1.82) is 0 Å². The Morgan fingerprint density at radius 3 is 2.12 bits per heavy atom. The van der Waals surface area contributed by atoms with Gasteiger partial charge in [0, 0.05) is 33.2 Å². The highest BCUT2D eigenvalue weighted by Crippen LogP contribution is 2.08. The molecular weight excluding hydrogens is 218 g/mol. The number of carbonyl (C=O) groups is 2. The van der Waals surface area contributed by atoms with Gasteiger partial charge in [0.25, 0.3) is 0 Å². The average Bonchev–Trinajstić information content (AvgIpc) is 2.83. The SMILES string of the molecule is CCN(CC)C(=O)N(C)CC(=O)N1CCCC1. The van der Waals surface area contributed by atoms with Crippen molar-refractivity contribution in [2.75, 3.05) is 39.8 Å². The van der Waals surface area contributed by atoms with E-state index in [1.807, 2.05) is 18.7 Å². The summed E-state index contributed by atoms with van der Waals surface area (Å²) in [5, 5.41) is 0. The highest BCUT2D eigenvalue weighted by Gasteiger charge is 2.22. The second-order valence-corrected chi connectivity index (χ2v) is 4.40. The Bertz CT molecular complexity index is 271. The molecule has 1 heterocycles. The number of nitrogens with zero attached hydrogens (tertiary/aromatic N) is 3. The highest BCUT2D eigenvalue weighted by molar-refractivity contribution is 5.84. The molecule has 0 aliphatic carbocycles. The van der Waals surface area contributed by atoms with Crippen LogP contribution in [0.15, 0.2) is 0 Å². The molecule has 98 valence electrons. The van der Waals surface area contributed by atoms with Gasteiger partial charge in [-0.05, 0) is 26.7 Å². The van der Waals surface area contributed by atoms with Crippen molar-refractivity contribution in [3.05, 3.63) is 0 Å². The molecule has 1 fully saturated rings. The number of hydrogen-bond acceptors (Lipinski definition) is 2. The molecule has 0 bridgehead atoms. The molecule has 17 heavy (non-hydrogen) atoms. The first-order valence-electron chi connectivity index (χ1n) is 6.38. The number of hydrogen-bond donors (Lipinski definition) is 0. The largest absolute Gasteiger partial charge is 0.341 e. The summed E-state index contributed by atoms with van der Waals surface area (Å²) in [5.74, 6) is 0.0607. The van der Waals surface area contributed by atoms with Crippen LogP contribution in [0.2, 0.25) is 0 Å². The summed E-state index contributed by atoms with van der Waals surface area (Å²) in [7, 11) is 1.69. The zero-order chi connectivity index (χ0) is 12.8. The van der Waals surface area contributed by atoms with E-state index in [2.05, 4.69) is 0 Å². The zero-order valence-corrected chi connectivity index (χ0v) is 11.1. The minimum Gasteiger partial charge on any atom is -0.341 e. The molecule has 0 N–H and O–H groups in total. The third-order valence-electron chi connectivity index (χ3n) is 3.19. The molecule has 0 saturated carbocycles. The first-order valence-corrected chi connectivity index (χ1v) is 6.38. The molecule has 0 aromatic rings. The van der Waals surface area contributed by atoms with Crippen LogP contribution in [0.25, 0.3) is 0 Å². The van der Waals surface area contributed by atoms with E-state index in [-0.39, 0.29) is 18.5 Å².